The Morgan fingerprint density at radius 1 is 1.67 bits per heavy atom. The Kier molecular flexibility index (Phi) is 3.98. The maximum atomic E-state index is 5.51. The highest BCUT2D eigenvalue weighted by molar-refractivity contribution is 4.79. The molecule has 0 aromatic heterocycles. The van der Waals surface area contributed by atoms with Gasteiger partial charge in [-0.2, -0.15) is 0 Å². The molecule has 0 aromatic rings. The van der Waals surface area contributed by atoms with Gasteiger partial charge in [-0.1, -0.05) is 0 Å². The third kappa shape index (κ3) is 2.44. The van der Waals surface area contributed by atoms with E-state index in [1.54, 1.807) is 7.11 Å². The second kappa shape index (κ2) is 4.80. The van der Waals surface area contributed by atoms with Gasteiger partial charge < -0.3 is 10.5 Å². The third-order valence-corrected chi connectivity index (χ3v) is 2.72. The summed E-state index contributed by atoms with van der Waals surface area (Å²) in [4.78, 5) is 2.46. The fourth-order valence-electron chi connectivity index (χ4n) is 1.77. The highest BCUT2D eigenvalue weighted by Gasteiger charge is 2.24. The molecule has 0 amide bonds. The predicted octanol–water partition coefficient (Wildman–Crippen LogP) is 0.444. The van der Waals surface area contributed by atoms with Crippen molar-refractivity contribution in [3.05, 3.63) is 0 Å². The molecule has 1 fully saturated rings. The van der Waals surface area contributed by atoms with Gasteiger partial charge in [0, 0.05) is 26.2 Å². The number of hydrogen-bond donors (Lipinski definition) is 1. The Morgan fingerprint density at radius 2 is 2.42 bits per heavy atom. The Bertz CT molecular complexity index is 130. The van der Waals surface area contributed by atoms with Crippen molar-refractivity contribution in [1.82, 2.24) is 4.90 Å². The predicted molar refractivity (Wildman–Crippen MR) is 50.1 cm³/mol. The first-order chi connectivity index (χ1) is 5.77. The summed E-state index contributed by atoms with van der Waals surface area (Å²) in [5, 5.41) is 0. The molecule has 1 heterocycles. The van der Waals surface area contributed by atoms with Crippen LogP contribution in [0.1, 0.15) is 19.8 Å². The summed E-state index contributed by atoms with van der Waals surface area (Å²) in [7, 11) is 1.79. The lowest BCUT2D eigenvalue weighted by Crippen LogP contribution is -2.33. The van der Waals surface area contributed by atoms with Crippen molar-refractivity contribution in [2.24, 2.45) is 5.73 Å². The molecule has 0 spiro atoms. The van der Waals surface area contributed by atoms with Crippen LogP contribution in [0.4, 0.5) is 0 Å². The van der Waals surface area contributed by atoms with Crippen molar-refractivity contribution in [2.75, 3.05) is 26.7 Å². The third-order valence-electron chi connectivity index (χ3n) is 2.72. The number of methoxy groups -OCH3 is 1. The molecule has 1 aliphatic heterocycles. The maximum Gasteiger partial charge on any atom is 0.0710 e. The summed E-state index contributed by atoms with van der Waals surface area (Å²) in [5.74, 6) is 0. The van der Waals surface area contributed by atoms with Crippen molar-refractivity contribution in [1.29, 1.82) is 0 Å². The molecule has 0 bridgehead atoms. The van der Waals surface area contributed by atoms with Crippen molar-refractivity contribution < 1.29 is 4.74 Å². The van der Waals surface area contributed by atoms with Crippen LogP contribution in [0.15, 0.2) is 0 Å². The van der Waals surface area contributed by atoms with Crippen LogP contribution in [0.3, 0.4) is 0 Å². The van der Waals surface area contributed by atoms with Crippen LogP contribution in [0, 0.1) is 0 Å². The molecule has 1 rings (SSSR count). The zero-order valence-electron chi connectivity index (χ0n) is 8.12. The maximum absolute atomic E-state index is 5.51. The zero-order valence-corrected chi connectivity index (χ0v) is 8.12. The monoisotopic (exact) mass is 172 g/mol. The van der Waals surface area contributed by atoms with E-state index >= 15 is 0 Å². The number of hydrogen-bond acceptors (Lipinski definition) is 3. The molecule has 72 valence electrons. The minimum atomic E-state index is 0.449. The Labute approximate surface area is 74.9 Å². The van der Waals surface area contributed by atoms with Gasteiger partial charge in [0.15, 0.2) is 0 Å². The van der Waals surface area contributed by atoms with E-state index in [0.717, 1.165) is 19.5 Å². The molecule has 1 saturated heterocycles. The molecule has 3 nitrogen and oxygen atoms in total. The van der Waals surface area contributed by atoms with E-state index < -0.39 is 0 Å². The van der Waals surface area contributed by atoms with Gasteiger partial charge in [-0.3, -0.25) is 4.90 Å². The largest absolute Gasteiger partial charge is 0.380 e. The van der Waals surface area contributed by atoms with Crippen LogP contribution in [-0.2, 0) is 4.74 Å². The van der Waals surface area contributed by atoms with E-state index in [0.29, 0.717) is 12.1 Å². The first-order valence-electron chi connectivity index (χ1n) is 4.74. The lowest BCUT2D eigenvalue weighted by molar-refractivity contribution is 0.102. The van der Waals surface area contributed by atoms with Crippen molar-refractivity contribution in [3.8, 4) is 0 Å². The van der Waals surface area contributed by atoms with Gasteiger partial charge in [-0.05, 0) is 26.3 Å². The van der Waals surface area contributed by atoms with Crippen molar-refractivity contribution in [2.45, 2.75) is 31.9 Å². The van der Waals surface area contributed by atoms with Crippen LogP contribution < -0.4 is 5.73 Å². The number of ether oxygens (including phenoxy) is 1. The Balaban J connectivity index is 2.25. The lowest BCUT2D eigenvalue weighted by Gasteiger charge is -2.23. The van der Waals surface area contributed by atoms with E-state index in [9.17, 15) is 0 Å². The van der Waals surface area contributed by atoms with Gasteiger partial charge in [-0.15, -0.1) is 0 Å². The minimum absolute atomic E-state index is 0.449. The Hall–Kier alpha value is -0.120. The number of rotatable bonds is 4. The molecule has 0 aliphatic carbocycles. The quantitative estimate of drug-likeness (QED) is 0.669. The highest BCUT2D eigenvalue weighted by atomic mass is 16.5. The summed E-state index contributed by atoms with van der Waals surface area (Å²) >= 11 is 0. The fraction of sp³-hybridized carbons (Fsp3) is 1.00. The smallest absolute Gasteiger partial charge is 0.0710 e. The van der Waals surface area contributed by atoms with Gasteiger partial charge in [0.1, 0.15) is 0 Å². The summed E-state index contributed by atoms with van der Waals surface area (Å²) < 4.78 is 5.30. The van der Waals surface area contributed by atoms with E-state index in [2.05, 4.69) is 11.8 Å². The Morgan fingerprint density at radius 3 is 2.92 bits per heavy atom. The van der Waals surface area contributed by atoms with Crippen LogP contribution in [0.25, 0.3) is 0 Å². The first kappa shape index (κ1) is 9.96. The average Bonchev–Trinajstić information content (AvgIpc) is 2.52. The lowest BCUT2D eigenvalue weighted by atomic mass is 10.2. The number of nitrogens with zero attached hydrogens (tertiary/aromatic N) is 1. The SMILES string of the molecule is COC1CCN(C(C)CCN)C1. The molecule has 0 aromatic carbocycles. The molecule has 0 saturated carbocycles. The molecular weight excluding hydrogens is 152 g/mol. The molecule has 1 aliphatic rings. The van der Waals surface area contributed by atoms with Crippen molar-refractivity contribution in [3.63, 3.8) is 0 Å². The summed E-state index contributed by atoms with van der Waals surface area (Å²) in [6.45, 7) is 5.28. The van der Waals surface area contributed by atoms with Gasteiger partial charge in [0.2, 0.25) is 0 Å². The molecule has 0 radical (unpaired) electrons. The minimum Gasteiger partial charge on any atom is -0.380 e. The van der Waals surface area contributed by atoms with Crippen LogP contribution in [-0.4, -0.2) is 43.8 Å². The van der Waals surface area contributed by atoms with Crippen molar-refractivity contribution >= 4 is 0 Å². The van der Waals surface area contributed by atoms with E-state index in [4.69, 9.17) is 10.5 Å². The molecule has 3 heteroatoms. The number of likely N-dealkylation sites (tertiary alicyclic amines) is 1. The molecule has 2 atom stereocenters. The van der Waals surface area contributed by atoms with E-state index in [1.807, 2.05) is 0 Å². The first-order valence-corrected chi connectivity index (χ1v) is 4.74. The molecular formula is C9H20N2O. The second-order valence-electron chi connectivity index (χ2n) is 3.57. The van der Waals surface area contributed by atoms with E-state index in [-0.39, 0.29) is 0 Å². The van der Waals surface area contributed by atoms with Gasteiger partial charge >= 0.3 is 0 Å². The normalized spacial score (nSPS) is 27.8. The standard InChI is InChI=1S/C9H20N2O/c1-8(3-5-10)11-6-4-9(7-11)12-2/h8-9H,3-7,10H2,1-2H3. The molecule has 2 unspecified atom stereocenters. The fourth-order valence-corrected chi connectivity index (χ4v) is 1.77. The average molecular weight is 172 g/mol. The summed E-state index contributed by atoms with van der Waals surface area (Å²) in [5.41, 5.74) is 5.51. The van der Waals surface area contributed by atoms with Gasteiger partial charge in [0.25, 0.3) is 0 Å². The second-order valence-corrected chi connectivity index (χ2v) is 3.57. The number of nitrogens with two attached hydrogens (primary N) is 1. The topological polar surface area (TPSA) is 38.5 Å². The van der Waals surface area contributed by atoms with Gasteiger partial charge in [-0.25, -0.2) is 0 Å². The summed E-state index contributed by atoms with van der Waals surface area (Å²) in [6, 6.07) is 0.621. The van der Waals surface area contributed by atoms with Crippen LogP contribution >= 0.6 is 0 Å². The molecule has 12 heavy (non-hydrogen) atoms. The van der Waals surface area contributed by atoms with E-state index in [1.165, 1.54) is 13.0 Å². The van der Waals surface area contributed by atoms with Gasteiger partial charge in [0.05, 0.1) is 6.10 Å². The highest BCUT2D eigenvalue weighted by Crippen LogP contribution is 2.15. The molecule has 2 N–H and O–H groups in total. The van der Waals surface area contributed by atoms with Crippen LogP contribution in [0.2, 0.25) is 0 Å². The summed E-state index contributed by atoms with van der Waals surface area (Å²) in [6.07, 6.45) is 2.72. The zero-order chi connectivity index (χ0) is 8.97. The van der Waals surface area contributed by atoms with Crippen LogP contribution in [0.5, 0.6) is 0 Å².